The number of likely N-dealkylation sites (tertiary alicyclic amines) is 2. The minimum absolute atomic E-state index is 0.0751. The number of furan rings is 1. The molecule has 2 fully saturated rings. The zero-order valence-corrected chi connectivity index (χ0v) is 32.9. The van der Waals surface area contributed by atoms with Crippen LogP contribution in [0.15, 0.2) is 126 Å². The van der Waals surface area contributed by atoms with E-state index < -0.39 is 24.2 Å². The minimum atomic E-state index is -0.543. The van der Waals surface area contributed by atoms with Gasteiger partial charge in [-0.15, -0.1) is 0 Å². The Morgan fingerprint density at radius 3 is 1.26 bits per heavy atom. The van der Waals surface area contributed by atoms with E-state index >= 15 is 0 Å². The molecule has 11 heteroatoms. The van der Waals surface area contributed by atoms with Gasteiger partial charge >= 0.3 is 0 Å². The van der Waals surface area contributed by atoms with Gasteiger partial charge in [-0.05, 0) is 126 Å². The second-order valence-electron chi connectivity index (χ2n) is 15.2. The SMILES string of the molecule is CN(C)[C@@H](C(=O)N1CCCC1C(=O)Nc1ccc(-c2ccc(-c3ccc(NC(=O)[C@@H]4CCCN4C(=O)[C@@H](c4ccccc4)N(C)C)cc3)o2)cc1)c1ccccc1. The zero-order chi connectivity index (χ0) is 40.1. The van der Waals surface area contributed by atoms with Crippen molar-refractivity contribution in [3.05, 3.63) is 132 Å². The summed E-state index contributed by atoms with van der Waals surface area (Å²) < 4.78 is 6.23. The highest BCUT2D eigenvalue weighted by molar-refractivity contribution is 5.99. The van der Waals surface area contributed by atoms with Crippen molar-refractivity contribution < 1.29 is 23.6 Å². The molecule has 5 aromatic rings. The number of nitrogens with one attached hydrogen (secondary N) is 2. The number of hydrogen-bond donors (Lipinski definition) is 2. The number of rotatable bonds is 12. The third-order valence-electron chi connectivity index (χ3n) is 10.9. The van der Waals surface area contributed by atoms with Gasteiger partial charge in [-0.3, -0.25) is 29.0 Å². The monoisotopic (exact) mass is 766 g/mol. The van der Waals surface area contributed by atoms with E-state index in [0.717, 1.165) is 35.1 Å². The highest BCUT2D eigenvalue weighted by Gasteiger charge is 2.40. The summed E-state index contributed by atoms with van der Waals surface area (Å²) >= 11 is 0. The fourth-order valence-corrected chi connectivity index (χ4v) is 8.05. The number of likely N-dealkylation sites (N-methyl/N-ethyl adjacent to an activating group) is 2. The van der Waals surface area contributed by atoms with Crippen LogP contribution in [0.3, 0.4) is 0 Å². The van der Waals surface area contributed by atoms with Gasteiger partial charge in [0.05, 0.1) is 0 Å². The number of nitrogens with zero attached hydrogens (tertiary/aromatic N) is 4. The van der Waals surface area contributed by atoms with Gasteiger partial charge in [0.2, 0.25) is 23.6 Å². The van der Waals surface area contributed by atoms with Gasteiger partial charge in [0.25, 0.3) is 0 Å². The molecule has 2 aliphatic rings. The van der Waals surface area contributed by atoms with Crippen molar-refractivity contribution >= 4 is 35.0 Å². The van der Waals surface area contributed by atoms with E-state index in [0.29, 0.717) is 48.8 Å². The Kier molecular flexibility index (Phi) is 12.0. The second-order valence-corrected chi connectivity index (χ2v) is 15.2. The third kappa shape index (κ3) is 8.70. The molecule has 57 heavy (non-hydrogen) atoms. The van der Waals surface area contributed by atoms with Crippen molar-refractivity contribution in [2.45, 2.75) is 49.9 Å². The van der Waals surface area contributed by atoms with Crippen LogP contribution in [0.2, 0.25) is 0 Å². The lowest BCUT2D eigenvalue weighted by Crippen LogP contribution is -2.47. The predicted molar refractivity (Wildman–Crippen MR) is 222 cm³/mol. The van der Waals surface area contributed by atoms with E-state index in [4.69, 9.17) is 4.42 Å². The van der Waals surface area contributed by atoms with Gasteiger partial charge in [0.15, 0.2) is 0 Å². The van der Waals surface area contributed by atoms with E-state index in [1.165, 1.54) is 0 Å². The van der Waals surface area contributed by atoms with E-state index in [9.17, 15) is 19.2 Å². The molecule has 0 saturated carbocycles. The highest BCUT2D eigenvalue weighted by atomic mass is 16.3. The molecule has 1 unspecified atom stereocenters. The van der Waals surface area contributed by atoms with Gasteiger partial charge < -0.3 is 24.9 Å². The van der Waals surface area contributed by atoms with Crippen LogP contribution in [0.4, 0.5) is 11.4 Å². The lowest BCUT2D eigenvalue weighted by atomic mass is 10.0. The van der Waals surface area contributed by atoms with Crippen LogP contribution in [0.25, 0.3) is 22.6 Å². The highest BCUT2D eigenvalue weighted by Crippen LogP contribution is 2.32. The largest absolute Gasteiger partial charge is 0.456 e. The number of carbonyl (C=O) groups is 4. The van der Waals surface area contributed by atoms with Crippen LogP contribution in [0.5, 0.6) is 0 Å². The average molecular weight is 767 g/mol. The first kappa shape index (κ1) is 39.2. The van der Waals surface area contributed by atoms with Crippen molar-refractivity contribution in [3.63, 3.8) is 0 Å². The molecule has 4 atom stereocenters. The number of hydrogen-bond acceptors (Lipinski definition) is 7. The van der Waals surface area contributed by atoms with Gasteiger partial charge in [-0.2, -0.15) is 0 Å². The number of anilines is 2. The molecular weight excluding hydrogens is 717 g/mol. The Hall–Kier alpha value is -6.04. The summed E-state index contributed by atoms with van der Waals surface area (Å²) in [5, 5.41) is 6.04. The summed E-state index contributed by atoms with van der Waals surface area (Å²) in [6, 6.07) is 36.0. The molecule has 0 radical (unpaired) electrons. The summed E-state index contributed by atoms with van der Waals surface area (Å²) in [7, 11) is 7.53. The quantitative estimate of drug-likeness (QED) is 0.139. The van der Waals surface area contributed by atoms with Crippen LogP contribution in [0, 0.1) is 0 Å². The van der Waals surface area contributed by atoms with Crippen molar-refractivity contribution in [3.8, 4) is 22.6 Å². The average Bonchev–Trinajstić information content (AvgIpc) is 4.01. The molecule has 4 aromatic carbocycles. The smallest absolute Gasteiger partial charge is 0.247 e. The van der Waals surface area contributed by atoms with Crippen LogP contribution in [-0.4, -0.2) is 96.6 Å². The molecule has 2 saturated heterocycles. The number of benzene rings is 4. The molecular formula is C46H50N6O5. The first-order valence-electron chi connectivity index (χ1n) is 19.5. The van der Waals surface area contributed by atoms with Crippen LogP contribution in [0.1, 0.15) is 48.9 Å². The van der Waals surface area contributed by atoms with E-state index in [-0.39, 0.29) is 23.6 Å². The maximum absolute atomic E-state index is 13.7. The molecule has 0 aliphatic carbocycles. The number of carbonyl (C=O) groups excluding carboxylic acids is 4. The molecule has 294 valence electrons. The van der Waals surface area contributed by atoms with E-state index in [1.54, 1.807) is 9.80 Å². The summed E-state index contributed by atoms with van der Waals surface area (Å²) in [6.07, 6.45) is 2.76. The van der Waals surface area contributed by atoms with E-state index in [1.807, 2.05) is 159 Å². The van der Waals surface area contributed by atoms with Crippen molar-refractivity contribution in [2.75, 3.05) is 51.9 Å². The molecule has 7 rings (SSSR count). The van der Waals surface area contributed by atoms with Gasteiger partial charge in [0.1, 0.15) is 35.7 Å². The Morgan fingerprint density at radius 1 is 0.544 bits per heavy atom. The molecule has 1 aromatic heterocycles. The van der Waals surface area contributed by atoms with E-state index in [2.05, 4.69) is 10.6 Å². The van der Waals surface area contributed by atoms with Gasteiger partial charge in [-0.1, -0.05) is 60.7 Å². The number of amides is 4. The Morgan fingerprint density at radius 2 is 0.912 bits per heavy atom. The molecule has 2 aliphatic heterocycles. The first-order chi connectivity index (χ1) is 27.6. The Labute approximate surface area is 334 Å². The fraction of sp³-hybridized carbons (Fsp3) is 0.304. The Bertz CT molecular complexity index is 2020. The lowest BCUT2D eigenvalue weighted by Gasteiger charge is -2.31. The third-order valence-corrected chi connectivity index (χ3v) is 10.9. The minimum Gasteiger partial charge on any atom is -0.456 e. The van der Waals surface area contributed by atoms with Crippen molar-refractivity contribution in [1.29, 1.82) is 0 Å². The Balaban J connectivity index is 0.951. The first-order valence-corrected chi connectivity index (χ1v) is 19.5. The summed E-state index contributed by atoms with van der Waals surface area (Å²) in [6.45, 7) is 1.08. The molecule has 2 N–H and O–H groups in total. The maximum atomic E-state index is 13.7. The van der Waals surface area contributed by atoms with Gasteiger partial charge in [-0.25, -0.2) is 0 Å². The topological polar surface area (TPSA) is 118 Å². The molecule has 0 bridgehead atoms. The second kappa shape index (κ2) is 17.4. The van der Waals surface area contributed by atoms with Crippen LogP contribution < -0.4 is 10.6 Å². The van der Waals surface area contributed by atoms with Gasteiger partial charge in [0, 0.05) is 35.6 Å². The van der Waals surface area contributed by atoms with Crippen LogP contribution in [-0.2, 0) is 19.2 Å². The summed E-state index contributed by atoms with van der Waals surface area (Å²) in [4.78, 5) is 61.7. The molecule has 0 spiro atoms. The molecule has 11 nitrogen and oxygen atoms in total. The van der Waals surface area contributed by atoms with Crippen molar-refractivity contribution in [1.82, 2.24) is 19.6 Å². The maximum Gasteiger partial charge on any atom is 0.247 e. The molecule has 3 heterocycles. The van der Waals surface area contributed by atoms with Crippen LogP contribution >= 0.6 is 0 Å². The lowest BCUT2D eigenvalue weighted by molar-refractivity contribution is -0.141. The predicted octanol–water partition coefficient (Wildman–Crippen LogP) is 7.08. The van der Waals surface area contributed by atoms with Crippen molar-refractivity contribution in [2.24, 2.45) is 0 Å². The summed E-state index contributed by atoms with van der Waals surface area (Å²) in [5.41, 5.74) is 4.76. The normalized spacial score (nSPS) is 17.8. The zero-order valence-electron chi connectivity index (χ0n) is 32.9. The standard InChI is InChI=1S/C46H50N6O5/c1-49(2)41(33-13-7-5-8-14-33)45(55)51-29-11-17-37(51)43(53)47-35-23-19-31(20-24-35)39-27-28-40(57-39)32-21-25-36(26-22-32)48-44(54)38-18-12-30-52(38)46(56)42(50(3)4)34-15-9-6-10-16-34/h5-10,13-16,19-28,37-38,41-42H,11-12,17-18,29-30H2,1-4H3,(H,47,53)(H,48,54)/t37-,38?,41+,42+/m0/s1. The molecule has 4 amide bonds. The fourth-order valence-electron chi connectivity index (χ4n) is 8.05. The summed E-state index contributed by atoms with van der Waals surface area (Å²) in [5.74, 6) is 0.785.